The Balaban J connectivity index is 0.0000130. The second-order valence-corrected chi connectivity index (χ2v) is 18.4. The van der Waals surface area contributed by atoms with E-state index in [9.17, 15) is 9.59 Å². The first-order valence-electron chi connectivity index (χ1n) is 20.8. The maximum absolute atomic E-state index is 12.8. The zero-order valence-electron chi connectivity index (χ0n) is 35.3. The number of ether oxygens (including phenoxy) is 4. The third-order valence-electron chi connectivity index (χ3n) is 11.6. The summed E-state index contributed by atoms with van der Waals surface area (Å²) in [5.74, 6) is 3.22. The van der Waals surface area contributed by atoms with Gasteiger partial charge in [0.2, 0.25) is 0 Å². The predicted octanol–water partition coefficient (Wildman–Crippen LogP) is 2.31. The molecule has 0 aromatic rings. The van der Waals surface area contributed by atoms with E-state index < -0.39 is 0 Å². The molecule has 8 nitrogen and oxygen atoms in total. The lowest BCUT2D eigenvalue weighted by molar-refractivity contribution is -0.883. The van der Waals surface area contributed by atoms with Crippen LogP contribution in [0.2, 0.25) is 0 Å². The van der Waals surface area contributed by atoms with Crippen molar-refractivity contribution < 1.29 is 62.3 Å². The van der Waals surface area contributed by atoms with Gasteiger partial charge in [0.15, 0.2) is 13.1 Å². The molecule has 0 amide bonds. The van der Waals surface area contributed by atoms with Gasteiger partial charge in [0.25, 0.3) is 0 Å². The molecule has 2 aliphatic carbocycles. The largest absolute Gasteiger partial charge is 1.00 e. The van der Waals surface area contributed by atoms with Crippen molar-refractivity contribution in [2.24, 2.45) is 35.5 Å². The Bertz CT molecular complexity index is 875. The Morgan fingerprint density at radius 1 is 0.538 bits per heavy atom. The molecule has 6 unspecified atom stereocenters. The molecular weight excluding hydrogens is 699 g/mol. The number of rotatable bonds is 25. The number of hydrogen-bond acceptors (Lipinski definition) is 6. The highest BCUT2D eigenvalue weighted by Gasteiger charge is 2.36. The third kappa shape index (κ3) is 22.0. The second kappa shape index (κ2) is 27.0. The summed E-state index contributed by atoms with van der Waals surface area (Å²) in [5.41, 5.74) is 0. The average Bonchev–Trinajstić information content (AvgIpc) is 2.99. The van der Waals surface area contributed by atoms with Gasteiger partial charge in [0, 0.05) is 13.2 Å². The van der Waals surface area contributed by atoms with Crippen LogP contribution in [0.3, 0.4) is 0 Å². The van der Waals surface area contributed by atoms with Crippen LogP contribution in [0.25, 0.3) is 0 Å². The SMILES string of the molecule is CC1CCC(C(C)C)C(OC(=O)C[N+](C)(C)CCOCCCCCCCCCCOCC[N+](C)(C)CC(=O)OC2CC(C)CCC2C(C)C)C1.[Cl-].[Cl-]. The summed E-state index contributed by atoms with van der Waals surface area (Å²) >= 11 is 0. The molecule has 2 saturated carbocycles. The minimum Gasteiger partial charge on any atom is -1.00 e. The summed E-state index contributed by atoms with van der Waals surface area (Å²) in [7, 11) is 8.39. The van der Waals surface area contributed by atoms with Crippen molar-refractivity contribution in [3.63, 3.8) is 0 Å². The lowest BCUT2D eigenvalue weighted by Gasteiger charge is -2.37. The molecule has 10 heteroatoms. The number of quaternary nitrogens is 2. The first-order valence-corrected chi connectivity index (χ1v) is 20.8. The van der Waals surface area contributed by atoms with Gasteiger partial charge in [-0.05, 0) is 74.0 Å². The smallest absolute Gasteiger partial charge is 0.362 e. The van der Waals surface area contributed by atoms with Crippen molar-refractivity contribution in [2.75, 3.05) is 80.8 Å². The molecule has 2 aliphatic rings. The van der Waals surface area contributed by atoms with Gasteiger partial charge in [-0.25, -0.2) is 9.59 Å². The van der Waals surface area contributed by atoms with E-state index in [4.69, 9.17) is 18.9 Å². The molecular formula is C42H82Cl2N2O6. The molecule has 52 heavy (non-hydrogen) atoms. The number of nitrogens with zero attached hydrogens (tertiary/aromatic N) is 2. The summed E-state index contributed by atoms with van der Waals surface area (Å²) in [4.78, 5) is 25.6. The van der Waals surface area contributed by atoms with Crippen molar-refractivity contribution >= 4 is 11.9 Å². The van der Waals surface area contributed by atoms with E-state index in [1.165, 1.54) is 64.2 Å². The second-order valence-electron chi connectivity index (χ2n) is 18.4. The van der Waals surface area contributed by atoms with Crippen LogP contribution >= 0.6 is 0 Å². The summed E-state index contributed by atoms with van der Waals surface area (Å²) in [6, 6.07) is 0. The molecule has 0 spiro atoms. The Labute approximate surface area is 333 Å². The van der Waals surface area contributed by atoms with Crippen LogP contribution in [-0.2, 0) is 28.5 Å². The Morgan fingerprint density at radius 3 is 1.19 bits per heavy atom. The van der Waals surface area contributed by atoms with Gasteiger partial charge in [0.1, 0.15) is 25.3 Å². The number of carbonyl (C=O) groups excluding carboxylic acids is 2. The van der Waals surface area contributed by atoms with Crippen molar-refractivity contribution in [1.82, 2.24) is 0 Å². The van der Waals surface area contributed by atoms with Gasteiger partial charge in [-0.2, -0.15) is 0 Å². The Kier molecular flexibility index (Phi) is 26.7. The topological polar surface area (TPSA) is 71.1 Å². The summed E-state index contributed by atoms with van der Waals surface area (Å²) in [6.45, 7) is 19.0. The molecule has 2 rings (SSSR count). The maximum atomic E-state index is 12.8. The van der Waals surface area contributed by atoms with E-state index in [0.29, 0.717) is 70.8 Å². The highest BCUT2D eigenvalue weighted by molar-refractivity contribution is 5.71. The van der Waals surface area contributed by atoms with Crippen molar-refractivity contribution in [3.05, 3.63) is 0 Å². The van der Waals surface area contributed by atoms with E-state index in [1.54, 1.807) is 0 Å². The molecule has 0 aromatic heterocycles. The monoisotopic (exact) mass is 781 g/mol. The minimum atomic E-state index is -0.0645. The van der Waals surface area contributed by atoms with Crippen LogP contribution in [0.4, 0.5) is 0 Å². The molecule has 0 bridgehead atoms. The number of unbranched alkanes of at least 4 members (excludes halogenated alkanes) is 7. The fourth-order valence-corrected chi connectivity index (χ4v) is 8.07. The van der Waals surface area contributed by atoms with Crippen LogP contribution in [-0.4, -0.2) is 114 Å². The number of hydrogen-bond donors (Lipinski definition) is 0. The van der Waals surface area contributed by atoms with Gasteiger partial charge >= 0.3 is 11.9 Å². The standard InChI is InChI=1S/C42H82N2O6.2ClH/c1-33(2)37-21-19-35(5)29-39(37)49-41(45)31-43(7,8)23-27-47-25-17-15-13-11-12-14-16-18-26-48-28-24-44(9,10)32-42(46)50-40-30-36(6)20-22-38(40)34(3)4;;/h33-40H,11-32H2,1-10H3;2*1H/q+2;;/p-2. The fourth-order valence-electron chi connectivity index (χ4n) is 8.07. The van der Waals surface area contributed by atoms with Crippen LogP contribution in [0.15, 0.2) is 0 Å². The zero-order valence-corrected chi connectivity index (χ0v) is 36.8. The average molecular weight is 782 g/mol. The van der Waals surface area contributed by atoms with Crippen LogP contribution in [0, 0.1) is 35.5 Å². The fraction of sp³-hybridized carbons (Fsp3) is 0.952. The van der Waals surface area contributed by atoms with E-state index in [0.717, 1.165) is 52.0 Å². The van der Waals surface area contributed by atoms with Crippen LogP contribution < -0.4 is 24.8 Å². The number of halogens is 2. The van der Waals surface area contributed by atoms with E-state index in [-0.39, 0.29) is 49.0 Å². The number of esters is 2. The lowest BCUT2D eigenvalue weighted by Crippen LogP contribution is -3.00. The Hall–Kier alpha value is -0.640. The molecule has 0 saturated heterocycles. The number of carbonyl (C=O) groups is 2. The van der Waals surface area contributed by atoms with E-state index >= 15 is 0 Å². The maximum Gasteiger partial charge on any atom is 0.362 e. The molecule has 0 heterocycles. The summed E-state index contributed by atoms with van der Waals surface area (Å²) in [6.07, 6.45) is 16.7. The third-order valence-corrected chi connectivity index (χ3v) is 11.6. The first kappa shape index (κ1) is 51.4. The molecule has 310 valence electrons. The highest BCUT2D eigenvalue weighted by atomic mass is 35.5. The van der Waals surface area contributed by atoms with Gasteiger partial charge in [0.05, 0.1) is 41.4 Å². The normalized spacial score (nSPS) is 23.9. The summed E-state index contributed by atoms with van der Waals surface area (Å²) < 4.78 is 25.1. The van der Waals surface area contributed by atoms with Crippen LogP contribution in [0.1, 0.15) is 131 Å². The van der Waals surface area contributed by atoms with Crippen molar-refractivity contribution in [2.45, 2.75) is 144 Å². The molecule has 0 N–H and O–H groups in total. The quantitative estimate of drug-likeness (QED) is 0.0806. The van der Waals surface area contributed by atoms with E-state index in [2.05, 4.69) is 69.7 Å². The summed E-state index contributed by atoms with van der Waals surface area (Å²) in [5, 5.41) is 0. The van der Waals surface area contributed by atoms with E-state index in [1.807, 2.05) is 0 Å². The van der Waals surface area contributed by atoms with Crippen molar-refractivity contribution in [1.29, 1.82) is 0 Å². The first-order chi connectivity index (χ1) is 23.6. The molecule has 6 atom stereocenters. The molecule has 0 aromatic carbocycles. The number of likely N-dealkylation sites (N-methyl/N-ethyl adjacent to an activating group) is 2. The van der Waals surface area contributed by atoms with Crippen molar-refractivity contribution in [3.8, 4) is 0 Å². The van der Waals surface area contributed by atoms with Gasteiger partial charge in [-0.3, -0.25) is 0 Å². The molecule has 0 radical (unpaired) electrons. The van der Waals surface area contributed by atoms with Gasteiger partial charge < -0.3 is 52.7 Å². The molecule has 2 fully saturated rings. The zero-order chi connectivity index (χ0) is 37.2. The predicted molar refractivity (Wildman–Crippen MR) is 205 cm³/mol. The lowest BCUT2D eigenvalue weighted by atomic mass is 9.75. The minimum absolute atomic E-state index is 0. The van der Waals surface area contributed by atoms with Gasteiger partial charge in [-0.15, -0.1) is 0 Å². The Morgan fingerprint density at radius 2 is 0.865 bits per heavy atom. The molecule has 0 aliphatic heterocycles. The van der Waals surface area contributed by atoms with Gasteiger partial charge in [-0.1, -0.05) is 92.9 Å². The van der Waals surface area contributed by atoms with Crippen LogP contribution in [0.5, 0.6) is 0 Å². The highest BCUT2D eigenvalue weighted by Crippen LogP contribution is 2.36.